The molecule has 0 atom stereocenters. The summed E-state index contributed by atoms with van der Waals surface area (Å²) in [4.78, 5) is 25.6. The van der Waals surface area contributed by atoms with E-state index in [0.717, 1.165) is 0 Å². The molecule has 0 aromatic heterocycles. The molecule has 0 bridgehead atoms. The predicted octanol–water partition coefficient (Wildman–Crippen LogP) is 2.46. The zero-order valence-corrected chi connectivity index (χ0v) is 14.7. The maximum Gasteiger partial charge on any atom is 0.265 e. The van der Waals surface area contributed by atoms with Gasteiger partial charge in [-0.1, -0.05) is 6.07 Å². The summed E-state index contributed by atoms with van der Waals surface area (Å²) in [5, 5.41) is 2.76. The first kappa shape index (κ1) is 17.6. The molecule has 7 heteroatoms. The van der Waals surface area contributed by atoms with Crippen molar-refractivity contribution in [3.05, 3.63) is 42.5 Å². The number of hydrogen-bond acceptors (Lipinski definition) is 5. The average molecular weight is 356 g/mol. The minimum atomic E-state index is -0.299. The minimum absolute atomic E-state index is 0.00279. The lowest BCUT2D eigenvalue weighted by Gasteiger charge is -2.28. The van der Waals surface area contributed by atoms with Gasteiger partial charge >= 0.3 is 0 Å². The van der Waals surface area contributed by atoms with Crippen molar-refractivity contribution >= 4 is 23.2 Å². The molecular weight excluding hydrogens is 336 g/mol. The van der Waals surface area contributed by atoms with Crippen molar-refractivity contribution in [2.75, 3.05) is 37.1 Å². The Hall–Kier alpha value is -3.22. The van der Waals surface area contributed by atoms with Crippen LogP contribution in [0.2, 0.25) is 0 Å². The second-order valence-corrected chi connectivity index (χ2v) is 5.63. The summed E-state index contributed by atoms with van der Waals surface area (Å²) in [5.41, 5.74) is 1.28. The predicted molar refractivity (Wildman–Crippen MR) is 97.1 cm³/mol. The van der Waals surface area contributed by atoms with Gasteiger partial charge in [0.25, 0.3) is 11.8 Å². The fourth-order valence-corrected chi connectivity index (χ4v) is 2.67. The van der Waals surface area contributed by atoms with Crippen LogP contribution in [0.5, 0.6) is 17.2 Å². The smallest absolute Gasteiger partial charge is 0.265 e. The molecule has 0 aliphatic carbocycles. The largest absolute Gasteiger partial charge is 0.497 e. The Labute approximate surface area is 151 Å². The number of rotatable bonds is 6. The summed E-state index contributed by atoms with van der Waals surface area (Å²) < 4.78 is 16.0. The zero-order chi connectivity index (χ0) is 18.5. The molecule has 0 radical (unpaired) electrons. The first-order valence-corrected chi connectivity index (χ1v) is 8.24. The first-order valence-electron chi connectivity index (χ1n) is 8.24. The number of carbonyl (C=O) groups excluding carboxylic acids is 2. The molecule has 1 N–H and O–H groups in total. The molecule has 0 unspecified atom stereocenters. The van der Waals surface area contributed by atoms with E-state index in [1.807, 2.05) is 6.92 Å². The Morgan fingerprint density at radius 3 is 2.81 bits per heavy atom. The monoisotopic (exact) mass is 356 g/mol. The van der Waals surface area contributed by atoms with E-state index in [1.165, 1.54) is 0 Å². The summed E-state index contributed by atoms with van der Waals surface area (Å²) >= 11 is 0. The number of nitrogens with zero attached hydrogens (tertiary/aromatic N) is 1. The van der Waals surface area contributed by atoms with Crippen LogP contribution >= 0.6 is 0 Å². The summed E-state index contributed by atoms with van der Waals surface area (Å²) in [6.07, 6.45) is 0. The number of amides is 2. The molecule has 0 spiro atoms. The van der Waals surface area contributed by atoms with E-state index in [9.17, 15) is 9.59 Å². The van der Waals surface area contributed by atoms with Gasteiger partial charge in [-0.25, -0.2) is 0 Å². The number of likely N-dealkylation sites (N-methyl/N-ethyl adjacent to an activating group) is 1. The van der Waals surface area contributed by atoms with Gasteiger partial charge in [-0.15, -0.1) is 0 Å². The molecule has 0 fully saturated rings. The van der Waals surface area contributed by atoms with Gasteiger partial charge in [0.1, 0.15) is 17.2 Å². The second kappa shape index (κ2) is 7.77. The van der Waals surface area contributed by atoms with Crippen LogP contribution < -0.4 is 24.4 Å². The van der Waals surface area contributed by atoms with E-state index in [-0.39, 0.29) is 25.0 Å². The molecule has 2 amide bonds. The maximum absolute atomic E-state index is 12.1. The highest BCUT2D eigenvalue weighted by Gasteiger charge is 2.24. The minimum Gasteiger partial charge on any atom is -0.497 e. The van der Waals surface area contributed by atoms with Crippen LogP contribution in [0.15, 0.2) is 42.5 Å². The molecular formula is C19H20N2O5. The molecule has 26 heavy (non-hydrogen) atoms. The van der Waals surface area contributed by atoms with Crippen LogP contribution in [0.3, 0.4) is 0 Å². The summed E-state index contributed by atoms with van der Waals surface area (Å²) in [6, 6.07) is 12.2. The van der Waals surface area contributed by atoms with Crippen LogP contribution in [-0.4, -0.2) is 38.7 Å². The molecule has 0 saturated carbocycles. The number of hydrogen-bond donors (Lipinski definition) is 1. The van der Waals surface area contributed by atoms with Crippen molar-refractivity contribution in [1.29, 1.82) is 0 Å². The molecule has 1 aliphatic heterocycles. The summed E-state index contributed by atoms with van der Waals surface area (Å²) in [7, 11) is 1.57. The van der Waals surface area contributed by atoms with Crippen molar-refractivity contribution in [3.8, 4) is 17.2 Å². The molecule has 2 aromatic rings. The van der Waals surface area contributed by atoms with Gasteiger partial charge in [0.2, 0.25) is 0 Å². The number of nitrogens with one attached hydrogen (secondary N) is 1. The topological polar surface area (TPSA) is 77.1 Å². The van der Waals surface area contributed by atoms with Crippen molar-refractivity contribution in [3.63, 3.8) is 0 Å². The van der Waals surface area contributed by atoms with E-state index in [1.54, 1.807) is 54.5 Å². The van der Waals surface area contributed by atoms with E-state index < -0.39 is 0 Å². The van der Waals surface area contributed by atoms with Gasteiger partial charge in [-0.3, -0.25) is 9.59 Å². The third-order valence-corrected chi connectivity index (χ3v) is 3.91. The third kappa shape index (κ3) is 3.88. The fraction of sp³-hybridized carbons (Fsp3) is 0.263. The lowest BCUT2D eigenvalue weighted by atomic mass is 10.2. The van der Waals surface area contributed by atoms with Crippen LogP contribution in [-0.2, 0) is 9.59 Å². The highest BCUT2D eigenvalue weighted by atomic mass is 16.5. The van der Waals surface area contributed by atoms with Crippen molar-refractivity contribution in [2.24, 2.45) is 0 Å². The molecule has 2 aromatic carbocycles. The lowest BCUT2D eigenvalue weighted by Crippen LogP contribution is -2.38. The van der Waals surface area contributed by atoms with Gasteiger partial charge < -0.3 is 24.4 Å². The van der Waals surface area contributed by atoms with Crippen molar-refractivity contribution in [1.82, 2.24) is 0 Å². The number of methoxy groups -OCH3 is 1. The summed E-state index contributed by atoms with van der Waals surface area (Å²) in [6.45, 7) is 2.33. The van der Waals surface area contributed by atoms with Crippen LogP contribution in [0, 0.1) is 0 Å². The van der Waals surface area contributed by atoms with Crippen LogP contribution in [0.4, 0.5) is 11.4 Å². The SMILES string of the molecule is CCN1C(=O)COc2cc(NC(=O)COc3cccc(OC)c3)ccc21. The average Bonchev–Trinajstić information content (AvgIpc) is 2.66. The lowest BCUT2D eigenvalue weighted by molar-refractivity contribution is -0.121. The quantitative estimate of drug-likeness (QED) is 0.860. The van der Waals surface area contributed by atoms with Gasteiger partial charge in [0.15, 0.2) is 13.2 Å². The second-order valence-electron chi connectivity index (χ2n) is 5.63. The Balaban J connectivity index is 1.62. The number of fused-ring (bicyclic) bond motifs is 1. The van der Waals surface area contributed by atoms with Crippen molar-refractivity contribution in [2.45, 2.75) is 6.92 Å². The number of benzene rings is 2. The molecule has 3 rings (SSSR count). The van der Waals surface area contributed by atoms with Gasteiger partial charge in [-0.2, -0.15) is 0 Å². The van der Waals surface area contributed by atoms with E-state index in [2.05, 4.69) is 5.32 Å². The Bertz CT molecular complexity index is 821. The normalized spacial score (nSPS) is 12.8. The highest BCUT2D eigenvalue weighted by Crippen LogP contribution is 2.34. The Kier molecular flexibility index (Phi) is 5.26. The molecule has 1 heterocycles. The van der Waals surface area contributed by atoms with Crippen molar-refractivity contribution < 1.29 is 23.8 Å². The fourth-order valence-electron chi connectivity index (χ4n) is 2.67. The molecule has 136 valence electrons. The van der Waals surface area contributed by atoms with E-state index >= 15 is 0 Å². The zero-order valence-electron chi connectivity index (χ0n) is 14.7. The van der Waals surface area contributed by atoms with Gasteiger partial charge in [-0.05, 0) is 31.2 Å². The highest BCUT2D eigenvalue weighted by molar-refractivity contribution is 5.99. The van der Waals surface area contributed by atoms with E-state index in [4.69, 9.17) is 14.2 Å². The Morgan fingerprint density at radius 2 is 2.04 bits per heavy atom. The van der Waals surface area contributed by atoms with Gasteiger partial charge in [0.05, 0.1) is 12.8 Å². The van der Waals surface area contributed by atoms with Crippen LogP contribution in [0.1, 0.15) is 6.92 Å². The third-order valence-electron chi connectivity index (χ3n) is 3.91. The van der Waals surface area contributed by atoms with Gasteiger partial charge in [0, 0.05) is 24.4 Å². The summed E-state index contributed by atoms with van der Waals surface area (Å²) in [5.74, 6) is 1.39. The standard InChI is InChI=1S/C19H20N2O5/c1-3-21-16-8-7-13(9-17(16)26-12-19(21)23)20-18(22)11-25-15-6-4-5-14(10-15)24-2/h4-10H,3,11-12H2,1-2H3,(H,20,22). The number of carbonyl (C=O) groups is 2. The Morgan fingerprint density at radius 1 is 1.23 bits per heavy atom. The van der Waals surface area contributed by atoms with E-state index in [0.29, 0.717) is 35.2 Å². The molecule has 0 saturated heterocycles. The number of ether oxygens (including phenoxy) is 3. The maximum atomic E-state index is 12.1. The number of anilines is 2. The molecule has 1 aliphatic rings. The van der Waals surface area contributed by atoms with Crippen LogP contribution in [0.25, 0.3) is 0 Å². The first-order chi connectivity index (χ1) is 12.6. The molecule has 7 nitrogen and oxygen atoms in total.